The van der Waals surface area contributed by atoms with Gasteiger partial charge in [-0.05, 0) is 25.7 Å². The Morgan fingerprint density at radius 2 is 2.20 bits per heavy atom. The van der Waals surface area contributed by atoms with Gasteiger partial charge in [-0.25, -0.2) is 14.8 Å². The standard InChI is InChI=1S/C14H21N3O3/c1-3-14(4-2)7-10(5-6-20-14)17-12-9-15-11(8-16-12)13(18)19/h8-10H,3-7H2,1-2H3,(H,16,17)(H,18,19). The van der Waals surface area contributed by atoms with Gasteiger partial charge in [0.05, 0.1) is 18.0 Å². The normalized spacial score (nSPS) is 21.4. The van der Waals surface area contributed by atoms with E-state index in [1.165, 1.54) is 12.4 Å². The molecule has 0 aromatic carbocycles. The summed E-state index contributed by atoms with van der Waals surface area (Å²) in [5, 5.41) is 12.1. The highest BCUT2D eigenvalue weighted by Crippen LogP contribution is 2.32. The summed E-state index contributed by atoms with van der Waals surface area (Å²) in [7, 11) is 0. The molecule has 1 aliphatic rings. The molecule has 1 unspecified atom stereocenters. The number of carboxylic acid groups (broad SMARTS) is 1. The average Bonchev–Trinajstić information content (AvgIpc) is 2.48. The van der Waals surface area contributed by atoms with E-state index in [1.807, 2.05) is 0 Å². The van der Waals surface area contributed by atoms with Crippen molar-refractivity contribution in [3.63, 3.8) is 0 Å². The molecule has 1 atom stereocenters. The lowest BCUT2D eigenvalue weighted by molar-refractivity contribution is -0.0864. The summed E-state index contributed by atoms with van der Waals surface area (Å²) >= 11 is 0. The number of carboxylic acids is 1. The average molecular weight is 279 g/mol. The maximum Gasteiger partial charge on any atom is 0.356 e. The van der Waals surface area contributed by atoms with Crippen LogP contribution in [0.25, 0.3) is 0 Å². The number of rotatable bonds is 5. The molecule has 0 spiro atoms. The number of ether oxygens (including phenoxy) is 1. The van der Waals surface area contributed by atoms with Gasteiger partial charge in [0.25, 0.3) is 0 Å². The molecule has 6 heteroatoms. The van der Waals surface area contributed by atoms with Crippen LogP contribution in [0.5, 0.6) is 0 Å². The molecule has 6 nitrogen and oxygen atoms in total. The molecule has 1 aliphatic heterocycles. The second-order valence-corrected chi connectivity index (χ2v) is 5.16. The summed E-state index contributed by atoms with van der Waals surface area (Å²) < 4.78 is 5.93. The number of nitrogens with zero attached hydrogens (tertiary/aromatic N) is 2. The van der Waals surface area contributed by atoms with E-state index in [9.17, 15) is 4.79 Å². The quantitative estimate of drug-likeness (QED) is 0.860. The molecule has 0 saturated carbocycles. The Labute approximate surface area is 118 Å². The minimum Gasteiger partial charge on any atom is -0.476 e. The van der Waals surface area contributed by atoms with Crippen molar-refractivity contribution in [2.45, 2.75) is 51.2 Å². The first-order valence-electron chi connectivity index (χ1n) is 7.04. The molecule has 0 bridgehead atoms. The van der Waals surface area contributed by atoms with Crippen molar-refractivity contribution in [3.8, 4) is 0 Å². The fourth-order valence-electron chi connectivity index (χ4n) is 2.62. The van der Waals surface area contributed by atoms with Crippen LogP contribution in [0.15, 0.2) is 12.4 Å². The molecule has 1 fully saturated rings. The molecule has 2 N–H and O–H groups in total. The van der Waals surface area contributed by atoms with Crippen LogP contribution >= 0.6 is 0 Å². The van der Waals surface area contributed by atoms with Crippen LogP contribution in [0.4, 0.5) is 5.82 Å². The maximum atomic E-state index is 10.7. The molecule has 0 radical (unpaired) electrons. The van der Waals surface area contributed by atoms with Gasteiger partial charge in [-0.2, -0.15) is 0 Å². The van der Waals surface area contributed by atoms with Crippen molar-refractivity contribution in [2.75, 3.05) is 11.9 Å². The van der Waals surface area contributed by atoms with Crippen LogP contribution in [-0.2, 0) is 4.74 Å². The summed E-state index contributed by atoms with van der Waals surface area (Å²) in [5.41, 5.74) is -0.0938. The lowest BCUT2D eigenvalue weighted by Gasteiger charge is -2.40. The second kappa shape index (κ2) is 6.17. The smallest absolute Gasteiger partial charge is 0.356 e. The molecular formula is C14H21N3O3. The number of nitrogens with one attached hydrogen (secondary N) is 1. The van der Waals surface area contributed by atoms with E-state index < -0.39 is 5.97 Å². The van der Waals surface area contributed by atoms with E-state index in [1.54, 1.807) is 0 Å². The Hall–Kier alpha value is -1.69. The van der Waals surface area contributed by atoms with E-state index in [0.29, 0.717) is 5.82 Å². The lowest BCUT2D eigenvalue weighted by atomic mass is 9.86. The highest BCUT2D eigenvalue weighted by atomic mass is 16.5. The summed E-state index contributed by atoms with van der Waals surface area (Å²) in [6.45, 7) is 5.03. The van der Waals surface area contributed by atoms with Gasteiger partial charge in [0.15, 0.2) is 5.69 Å². The predicted octanol–water partition coefficient (Wildman–Crippen LogP) is 2.32. The fraction of sp³-hybridized carbons (Fsp3) is 0.643. The Morgan fingerprint density at radius 3 is 2.75 bits per heavy atom. The molecule has 1 aromatic heterocycles. The van der Waals surface area contributed by atoms with Crippen molar-refractivity contribution < 1.29 is 14.6 Å². The molecular weight excluding hydrogens is 258 g/mol. The van der Waals surface area contributed by atoms with Crippen LogP contribution < -0.4 is 5.32 Å². The van der Waals surface area contributed by atoms with Gasteiger partial charge >= 0.3 is 5.97 Å². The minimum atomic E-state index is -1.06. The van der Waals surface area contributed by atoms with Gasteiger partial charge < -0.3 is 15.2 Å². The largest absolute Gasteiger partial charge is 0.476 e. The zero-order valence-corrected chi connectivity index (χ0v) is 11.9. The van der Waals surface area contributed by atoms with E-state index in [2.05, 4.69) is 29.1 Å². The summed E-state index contributed by atoms with van der Waals surface area (Å²) in [6, 6.07) is 0.286. The monoisotopic (exact) mass is 279 g/mol. The van der Waals surface area contributed by atoms with Crippen LogP contribution in [0.1, 0.15) is 50.0 Å². The Balaban J connectivity index is 2.00. The van der Waals surface area contributed by atoms with Crippen molar-refractivity contribution in [3.05, 3.63) is 18.1 Å². The van der Waals surface area contributed by atoms with E-state index in [4.69, 9.17) is 9.84 Å². The zero-order chi connectivity index (χ0) is 14.6. The first-order chi connectivity index (χ1) is 9.58. The van der Waals surface area contributed by atoms with Gasteiger partial charge in [0.2, 0.25) is 0 Å². The molecule has 110 valence electrons. The Morgan fingerprint density at radius 1 is 1.45 bits per heavy atom. The van der Waals surface area contributed by atoms with E-state index in [-0.39, 0.29) is 17.3 Å². The third-order valence-electron chi connectivity index (χ3n) is 4.00. The van der Waals surface area contributed by atoms with Gasteiger partial charge in [-0.15, -0.1) is 0 Å². The second-order valence-electron chi connectivity index (χ2n) is 5.16. The summed E-state index contributed by atoms with van der Waals surface area (Å²) in [5.74, 6) is -0.450. The Kier molecular flexibility index (Phi) is 4.54. The van der Waals surface area contributed by atoms with Crippen molar-refractivity contribution in [2.24, 2.45) is 0 Å². The predicted molar refractivity (Wildman–Crippen MR) is 74.9 cm³/mol. The number of hydrogen-bond acceptors (Lipinski definition) is 5. The highest BCUT2D eigenvalue weighted by molar-refractivity contribution is 5.84. The highest BCUT2D eigenvalue weighted by Gasteiger charge is 2.34. The van der Waals surface area contributed by atoms with Gasteiger partial charge in [0.1, 0.15) is 5.82 Å². The number of aromatic carboxylic acids is 1. The van der Waals surface area contributed by atoms with E-state index >= 15 is 0 Å². The van der Waals surface area contributed by atoms with Gasteiger partial charge in [-0.1, -0.05) is 13.8 Å². The molecule has 0 amide bonds. The molecule has 2 heterocycles. The third kappa shape index (κ3) is 3.25. The molecule has 1 aromatic rings. The van der Waals surface area contributed by atoms with Gasteiger partial charge in [-0.3, -0.25) is 0 Å². The lowest BCUT2D eigenvalue weighted by Crippen LogP contribution is -2.43. The van der Waals surface area contributed by atoms with Crippen molar-refractivity contribution >= 4 is 11.8 Å². The number of carbonyl (C=O) groups is 1. The number of anilines is 1. The maximum absolute atomic E-state index is 10.7. The van der Waals surface area contributed by atoms with Crippen LogP contribution in [0.3, 0.4) is 0 Å². The number of hydrogen-bond donors (Lipinski definition) is 2. The van der Waals surface area contributed by atoms with Crippen molar-refractivity contribution in [1.82, 2.24) is 9.97 Å². The Bertz CT molecular complexity index is 457. The van der Waals surface area contributed by atoms with Crippen molar-refractivity contribution in [1.29, 1.82) is 0 Å². The molecule has 20 heavy (non-hydrogen) atoms. The molecule has 1 saturated heterocycles. The van der Waals surface area contributed by atoms with Crippen LogP contribution in [0.2, 0.25) is 0 Å². The summed E-state index contributed by atoms with van der Waals surface area (Å²) in [4.78, 5) is 18.7. The van der Waals surface area contributed by atoms with Gasteiger partial charge in [0, 0.05) is 12.6 Å². The molecule has 2 rings (SSSR count). The summed E-state index contributed by atoms with van der Waals surface area (Å²) in [6.07, 6.45) is 6.58. The molecule has 0 aliphatic carbocycles. The third-order valence-corrected chi connectivity index (χ3v) is 4.00. The fourth-order valence-corrected chi connectivity index (χ4v) is 2.62. The van der Waals surface area contributed by atoms with E-state index in [0.717, 1.165) is 32.3 Å². The minimum absolute atomic E-state index is 0.0426. The van der Waals surface area contributed by atoms with Crippen LogP contribution in [0, 0.1) is 0 Å². The zero-order valence-electron chi connectivity index (χ0n) is 11.9. The first kappa shape index (κ1) is 14.7. The first-order valence-corrected chi connectivity index (χ1v) is 7.04. The topological polar surface area (TPSA) is 84.3 Å². The van der Waals surface area contributed by atoms with Crippen LogP contribution in [-0.4, -0.2) is 39.3 Å². The number of aromatic nitrogens is 2. The SMILES string of the molecule is CCC1(CC)CC(Nc2cnc(C(=O)O)cn2)CCO1.